The average Bonchev–Trinajstić information content (AvgIpc) is 3.31. The standard InChI is InChI=1S/C21H27N3O4S/c1-13(2)18-19-17(24(21(18)26)29(3,27)28)10-11-23(19)20(25)15-6-4-14(5-7-15)12-22-16-8-9-16/h4-7,10,13,16,18-19,22H,8-9,11-12H2,1-3H3/t18-,19+/m1/s1. The minimum Gasteiger partial charge on any atom is -0.325 e. The Balaban J connectivity index is 1.56. The van der Waals surface area contributed by atoms with Crippen molar-refractivity contribution in [3.63, 3.8) is 0 Å². The van der Waals surface area contributed by atoms with Gasteiger partial charge in [-0.3, -0.25) is 9.59 Å². The maximum absolute atomic E-state index is 13.2. The monoisotopic (exact) mass is 417 g/mol. The van der Waals surface area contributed by atoms with Crippen LogP contribution in [0.3, 0.4) is 0 Å². The number of nitrogens with zero attached hydrogens (tertiary/aromatic N) is 2. The van der Waals surface area contributed by atoms with E-state index in [0.717, 1.165) is 22.7 Å². The highest BCUT2D eigenvalue weighted by Gasteiger charge is 2.54. The fourth-order valence-corrected chi connectivity index (χ4v) is 5.27. The average molecular weight is 418 g/mol. The van der Waals surface area contributed by atoms with Crippen LogP contribution in [0.15, 0.2) is 36.0 Å². The first-order valence-corrected chi connectivity index (χ1v) is 11.9. The molecule has 2 heterocycles. The second kappa shape index (κ2) is 7.25. The second-order valence-electron chi connectivity index (χ2n) is 8.52. The summed E-state index contributed by atoms with van der Waals surface area (Å²) in [6.07, 6.45) is 5.17. The summed E-state index contributed by atoms with van der Waals surface area (Å²) in [6.45, 7) is 4.85. The Morgan fingerprint density at radius 3 is 2.41 bits per heavy atom. The molecule has 8 heteroatoms. The molecule has 0 aromatic heterocycles. The van der Waals surface area contributed by atoms with Crippen molar-refractivity contribution in [1.29, 1.82) is 0 Å². The van der Waals surface area contributed by atoms with E-state index in [1.807, 2.05) is 26.0 Å². The van der Waals surface area contributed by atoms with Crippen molar-refractivity contribution >= 4 is 21.8 Å². The van der Waals surface area contributed by atoms with Crippen LogP contribution in [-0.2, 0) is 21.4 Å². The van der Waals surface area contributed by atoms with Gasteiger partial charge in [0.2, 0.25) is 15.9 Å². The molecule has 0 radical (unpaired) electrons. The summed E-state index contributed by atoms with van der Waals surface area (Å²) in [5.74, 6) is -1.29. The number of hydrogen-bond donors (Lipinski definition) is 1. The zero-order chi connectivity index (χ0) is 20.9. The smallest absolute Gasteiger partial charge is 0.254 e. The fraction of sp³-hybridized carbons (Fsp3) is 0.524. The van der Waals surface area contributed by atoms with E-state index in [1.165, 1.54) is 12.8 Å². The van der Waals surface area contributed by atoms with Gasteiger partial charge in [-0.2, -0.15) is 0 Å². The molecule has 1 saturated carbocycles. The Morgan fingerprint density at radius 2 is 1.86 bits per heavy atom. The minimum atomic E-state index is -3.73. The van der Waals surface area contributed by atoms with Gasteiger partial charge < -0.3 is 10.2 Å². The van der Waals surface area contributed by atoms with Gasteiger partial charge in [0.1, 0.15) is 0 Å². The Kier molecular flexibility index (Phi) is 5.02. The van der Waals surface area contributed by atoms with Crippen LogP contribution in [0.4, 0.5) is 0 Å². The third kappa shape index (κ3) is 3.71. The zero-order valence-corrected chi connectivity index (χ0v) is 17.8. The van der Waals surface area contributed by atoms with Crippen LogP contribution in [0.2, 0.25) is 0 Å². The summed E-state index contributed by atoms with van der Waals surface area (Å²) in [5, 5.41) is 3.45. The molecule has 0 unspecified atom stereocenters. The molecule has 3 aliphatic rings. The van der Waals surface area contributed by atoms with Gasteiger partial charge in [0.05, 0.1) is 23.9 Å². The van der Waals surface area contributed by atoms with E-state index in [-0.39, 0.29) is 11.8 Å². The SMILES string of the molecule is CC(C)[C@H]1C(=O)N(S(C)(=O)=O)C2=CCN(C(=O)c3ccc(CNC4CC4)cc3)[C@@H]21. The van der Waals surface area contributed by atoms with E-state index in [4.69, 9.17) is 0 Å². The van der Waals surface area contributed by atoms with E-state index < -0.39 is 27.9 Å². The molecule has 2 atom stereocenters. The van der Waals surface area contributed by atoms with Gasteiger partial charge in [0.15, 0.2) is 0 Å². The van der Waals surface area contributed by atoms with Crippen LogP contribution in [-0.4, -0.2) is 54.3 Å². The third-order valence-corrected chi connectivity index (χ3v) is 6.93. The third-order valence-electron chi connectivity index (χ3n) is 5.88. The van der Waals surface area contributed by atoms with E-state index in [1.54, 1.807) is 23.1 Å². The summed E-state index contributed by atoms with van der Waals surface area (Å²) in [4.78, 5) is 27.7. The maximum atomic E-state index is 13.2. The largest absolute Gasteiger partial charge is 0.325 e. The molecule has 7 nitrogen and oxygen atoms in total. The molecule has 0 spiro atoms. The summed E-state index contributed by atoms with van der Waals surface area (Å²) in [5.41, 5.74) is 2.07. The van der Waals surface area contributed by atoms with E-state index in [9.17, 15) is 18.0 Å². The Morgan fingerprint density at radius 1 is 1.21 bits per heavy atom. The molecule has 29 heavy (non-hydrogen) atoms. The molecule has 1 aromatic carbocycles. The molecule has 156 valence electrons. The van der Waals surface area contributed by atoms with Gasteiger partial charge in [-0.25, -0.2) is 12.7 Å². The number of carbonyl (C=O) groups excluding carboxylic acids is 2. The summed E-state index contributed by atoms with van der Waals surface area (Å²) >= 11 is 0. The lowest BCUT2D eigenvalue weighted by Crippen LogP contribution is -2.42. The van der Waals surface area contributed by atoms with Crippen LogP contribution in [0, 0.1) is 11.8 Å². The normalized spacial score (nSPS) is 24.3. The number of nitrogens with one attached hydrogen (secondary N) is 1. The maximum Gasteiger partial charge on any atom is 0.254 e. The molecule has 2 aliphatic heterocycles. The van der Waals surface area contributed by atoms with Crippen molar-refractivity contribution in [3.8, 4) is 0 Å². The van der Waals surface area contributed by atoms with Crippen LogP contribution >= 0.6 is 0 Å². The van der Waals surface area contributed by atoms with Gasteiger partial charge in [0.25, 0.3) is 5.91 Å². The molecule has 1 N–H and O–H groups in total. The highest BCUT2D eigenvalue weighted by atomic mass is 32.2. The molecule has 1 aliphatic carbocycles. The number of rotatable bonds is 6. The van der Waals surface area contributed by atoms with Gasteiger partial charge in [-0.05, 0) is 42.5 Å². The summed E-state index contributed by atoms with van der Waals surface area (Å²) in [7, 11) is -3.73. The van der Waals surface area contributed by atoms with Gasteiger partial charge in [-0.1, -0.05) is 26.0 Å². The number of sulfonamides is 1. The Bertz CT molecular complexity index is 964. The molecule has 1 saturated heterocycles. The highest BCUT2D eigenvalue weighted by Crippen LogP contribution is 2.41. The lowest BCUT2D eigenvalue weighted by molar-refractivity contribution is -0.128. The van der Waals surface area contributed by atoms with E-state index in [0.29, 0.717) is 23.8 Å². The van der Waals surface area contributed by atoms with Crippen molar-refractivity contribution in [2.24, 2.45) is 11.8 Å². The molecular weight excluding hydrogens is 390 g/mol. The van der Waals surface area contributed by atoms with E-state index >= 15 is 0 Å². The molecule has 1 aromatic rings. The van der Waals surface area contributed by atoms with Crippen LogP contribution in [0.25, 0.3) is 0 Å². The second-order valence-corrected chi connectivity index (χ2v) is 10.4. The van der Waals surface area contributed by atoms with Crippen molar-refractivity contribution in [3.05, 3.63) is 47.2 Å². The predicted octanol–water partition coefficient (Wildman–Crippen LogP) is 1.72. The first kappa shape index (κ1) is 20.1. The first-order valence-electron chi connectivity index (χ1n) is 10.1. The fourth-order valence-electron chi connectivity index (χ4n) is 4.26. The zero-order valence-electron chi connectivity index (χ0n) is 17.0. The molecule has 2 fully saturated rings. The highest BCUT2D eigenvalue weighted by molar-refractivity contribution is 7.89. The van der Waals surface area contributed by atoms with Crippen molar-refractivity contribution in [2.75, 3.05) is 12.8 Å². The lowest BCUT2D eigenvalue weighted by atomic mass is 9.89. The van der Waals surface area contributed by atoms with E-state index in [2.05, 4.69) is 5.32 Å². The topological polar surface area (TPSA) is 86.8 Å². The number of fused-ring (bicyclic) bond motifs is 1. The van der Waals surface area contributed by atoms with Crippen molar-refractivity contribution in [1.82, 2.24) is 14.5 Å². The predicted molar refractivity (Wildman–Crippen MR) is 109 cm³/mol. The Labute approximate surface area is 171 Å². The minimum absolute atomic E-state index is 0.0908. The Hall–Kier alpha value is -2.19. The summed E-state index contributed by atoms with van der Waals surface area (Å²) in [6, 6.07) is 7.57. The quantitative estimate of drug-likeness (QED) is 0.762. The first-order chi connectivity index (χ1) is 13.7. The molecule has 4 rings (SSSR count). The van der Waals surface area contributed by atoms with Gasteiger partial charge in [-0.15, -0.1) is 0 Å². The number of amides is 2. The molecular formula is C21H27N3O4S. The van der Waals surface area contributed by atoms with Gasteiger partial charge >= 0.3 is 0 Å². The molecule has 2 amide bonds. The number of benzene rings is 1. The lowest BCUT2D eigenvalue weighted by Gasteiger charge is -2.29. The number of hydrogen-bond acceptors (Lipinski definition) is 5. The van der Waals surface area contributed by atoms with Crippen LogP contribution in [0.1, 0.15) is 42.6 Å². The summed E-state index contributed by atoms with van der Waals surface area (Å²) < 4.78 is 25.3. The molecule has 0 bridgehead atoms. The van der Waals surface area contributed by atoms with Crippen molar-refractivity contribution < 1.29 is 18.0 Å². The van der Waals surface area contributed by atoms with Crippen molar-refractivity contribution in [2.45, 2.75) is 45.3 Å². The number of carbonyl (C=O) groups is 2. The van der Waals surface area contributed by atoms with Crippen LogP contribution < -0.4 is 5.32 Å². The van der Waals surface area contributed by atoms with Gasteiger partial charge in [0, 0.05) is 24.7 Å². The van der Waals surface area contributed by atoms with Crippen LogP contribution in [0.5, 0.6) is 0 Å².